The Morgan fingerprint density at radius 1 is 0.900 bits per heavy atom. The minimum atomic E-state index is -4.27. The number of carbonyl (C=O) groups is 2. The van der Waals surface area contributed by atoms with E-state index in [2.05, 4.69) is 5.32 Å². The van der Waals surface area contributed by atoms with E-state index in [1.165, 1.54) is 37.2 Å². The quantitative estimate of drug-likeness (QED) is 0.359. The van der Waals surface area contributed by atoms with Crippen LogP contribution in [0, 0.1) is 12.7 Å². The Balaban J connectivity index is 2.11. The van der Waals surface area contributed by atoms with Crippen LogP contribution in [-0.2, 0) is 32.8 Å². The molecular formula is C30H37FN4O4S. The molecule has 0 aromatic heterocycles. The molecule has 8 nitrogen and oxygen atoms in total. The number of anilines is 1. The predicted molar refractivity (Wildman–Crippen MR) is 155 cm³/mol. The molecule has 0 bridgehead atoms. The van der Waals surface area contributed by atoms with Gasteiger partial charge in [-0.15, -0.1) is 0 Å². The summed E-state index contributed by atoms with van der Waals surface area (Å²) >= 11 is 0. The molecule has 0 fully saturated rings. The van der Waals surface area contributed by atoms with Crippen molar-refractivity contribution < 1.29 is 22.4 Å². The molecule has 0 spiro atoms. The van der Waals surface area contributed by atoms with Crippen molar-refractivity contribution in [3.63, 3.8) is 0 Å². The number of carbonyl (C=O) groups excluding carboxylic acids is 2. The van der Waals surface area contributed by atoms with Gasteiger partial charge in [0.15, 0.2) is 0 Å². The van der Waals surface area contributed by atoms with E-state index in [9.17, 15) is 22.4 Å². The second kappa shape index (κ2) is 13.5. The lowest BCUT2D eigenvalue weighted by molar-refractivity contribution is -0.140. The van der Waals surface area contributed by atoms with Crippen molar-refractivity contribution >= 4 is 27.7 Å². The molecule has 3 aromatic rings. The summed E-state index contributed by atoms with van der Waals surface area (Å²) in [6, 6.07) is 21.1. The third-order valence-electron chi connectivity index (χ3n) is 6.28. The molecule has 0 aliphatic heterocycles. The Morgan fingerprint density at radius 2 is 1.52 bits per heavy atom. The highest BCUT2D eigenvalue weighted by molar-refractivity contribution is 7.90. The van der Waals surface area contributed by atoms with Crippen molar-refractivity contribution in [3.05, 3.63) is 101 Å². The zero-order valence-electron chi connectivity index (χ0n) is 23.5. The summed E-state index contributed by atoms with van der Waals surface area (Å²) in [6.07, 6.45) is 0.205. The summed E-state index contributed by atoms with van der Waals surface area (Å²) in [5, 5.41) is 2.91. The van der Waals surface area contributed by atoms with Crippen LogP contribution in [0.2, 0.25) is 0 Å². The van der Waals surface area contributed by atoms with Crippen LogP contribution in [0.15, 0.2) is 78.9 Å². The highest BCUT2D eigenvalue weighted by Gasteiger charge is 2.35. The van der Waals surface area contributed by atoms with Crippen LogP contribution in [0.25, 0.3) is 0 Å². The molecule has 3 aromatic carbocycles. The van der Waals surface area contributed by atoms with Gasteiger partial charge in [0.25, 0.3) is 0 Å². The molecule has 0 aliphatic carbocycles. The number of benzene rings is 3. The van der Waals surface area contributed by atoms with Crippen LogP contribution in [0.3, 0.4) is 0 Å². The fourth-order valence-corrected chi connectivity index (χ4v) is 5.36. The van der Waals surface area contributed by atoms with Crippen LogP contribution in [0.5, 0.6) is 0 Å². The fraction of sp³-hybridized carbons (Fsp3) is 0.333. The molecule has 1 atom stereocenters. The van der Waals surface area contributed by atoms with Gasteiger partial charge in [0.2, 0.25) is 11.8 Å². The molecule has 214 valence electrons. The molecule has 0 radical (unpaired) electrons. The highest BCUT2D eigenvalue weighted by Crippen LogP contribution is 2.24. The molecule has 3 rings (SSSR count). The van der Waals surface area contributed by atoms with Crippen molar-refractivity contribution in [1.29, 1.82) is 0 Å². The monoisotopic (exact) mass is 568 g/mol. The summed E-state index contributed by atoms with van der Waals surface area (Å²) < 4.78 is 43.2. The standard InChI is InChI=1S/C30H37FN4O4S/c1-22(2)32-30(37)28(19-24-13-7-6-8-14-24)34(20-25-15-11-12-23(3)18-25)29(36)21-35(40(38,39)33(4)5)27-17-10-9-16-26(27)31/h6-18,22,28H,19-21H2,1-5H3,(H,32,37). The zero-order chi connectivity index (χ0) is 29.4. The van der Waals surface area contributed by atoms with E-state index in [1.807, 2.05) is 75.4 Å². The molecule has 0 heterocycles. The van der Waals surface area contributed by atoms with Crippen LogP contribution in [0.1, 0.15) is 30.5 Å². The summed E-state index contributed by atoms with van der Waals surface area (Å²) in [4.78, 5) is 29.1. The van der Waals surface area contributed by atoms with Crippen molar-refractivity contribution in [2.24, 2.45) is 0 Å². The van der Waals surface area contributed by atoms with Gasteiger partial charge in [-0.05, 0) is 44.0 Å². The van der Waals surface area contributed by atoms with E-state index in [-0.39, 0.29) is 30.6 Å². The lowest BCUT2D eigenvalue weighted by atomic mass is 10.0. The average molecular weight is 569 g/mol. The SMILES string of the molecule is Cc1cccc(CN(C(=O)CN(c2ccccc2F)S(=O)(=O)N(C)C)C(Cc2ccccc2)C(=O)NC(C)C)c1. The Kier molecular flexibility index (Phi) is 10.4. The molecule has 0 saturated heterocycles. The van der Waals surface area contributed by atoms with Gasteiger partial charge < -0.3 is 10.2 Å². The summed E-state index contributed by atoms with van der Waals surface area (Å²) in [5.41, 5.74) is 2.32. The first kappa shape index (κ1) is 30.8. The smallest absolute Gasteiger partial charge is 0.304 e. The number of para-hydroxylation sites is 1. The molecule has 1 N–H and O–H groups in total. The third-order valence-corrected chi connectivity index (χ3v) is 8.08. The Bertz CT molecular complexity index is 1410. The van der Waals surface area contributed by atoms with E-state index in [1.54, 1.807) is 0 Å². The molecule has 0 saturated carbocycles. The lowest BCUT2D eigenvalue weighted by Crippen LogP contribution is -2.55. The van der Waals surface area contributed by atoms with Crippen LogP contribution in [0.4, 0.5) is 10.1 Å². The van der Waals surface area contributed by atoms with E-state index < -0.39 is 34.5 Å². The summed E-state index contributed by atoms with van der Waals surface area (Å²) in [7, 11) is -1.64. The van der Waals surface area contributed by atoms with E-state index in [0.29, 0.717) is 0 Å². The topological polar surface area (TPSA) is 90.0 Å². The number of hydrogen-bond donors (Lipinski definition) is 1. The first-order valence-electron chi connectivity index (χ1n) is 13.0. The third kappa shape index (κ3) is 7.89. The number of halogens is 1. The maximum Gasteiger partial charge on any atom is 0.304 e. The van der Waals surface area contributed by atoms with Crippen molar-refractivity contribution in [2.45, 2.75) is 45.8 Å². The number of rotatable bonds is 12. The minimum Gasteiger partial charge on any atom is -0.352 e. The van der Waals surface area contributed by atoms with E-state index in [0.717, 1.165) is 31.4 Å². The van der Waals surface area contributed by atoms with Gasteiger partial charge in [-0.3, -0.25) is 9.59 Å². The summed E-state index contributed by atoms with van der Waals surface area (Å²) in [5.74, 6) is -1.80. The van der Waals surface area contributed by atoms with Gasteiger partial charge in [-0.25, -0.2) is 8.70 Å². The number of aryl methyl sites for hydroxylation is 1. The largest absolute Gasteiger partial charge is 0.352 e. The zero-order valence-corrected chi connectivity index (χ0v) is 24.4. The van der Waals surface area contributed by atoms with Gasteiger partial charge >= 0.3 is 10.2 Å². The molecule has 10 heteroatoms. The Labute approximate surface area is 236 Å². The second-order valence-corrected chi connectivity index (χ2v) is 12.2. The van der Waals surface area contributed by atoms with Crippen LogP contribution < -0.4 is 9.62 Å². The van der Waals surface area contributed by atoms with Crippen molar-refractivity contribution in [3.8, 4) is 0 Å². The number of hydrogen-bond acceptors (Lipinski definition) is 4. The van der Waals surface area contributed by atoms with E-state index >= 15 is 0 Å². The second-order valence-electron chi connectivity index (χ2n) is 10.1. The molecule has 0 aliphatic rings. The maximum absolute atomic E-state index is 14.9. The van der Waals surface area contributed by atoms with Crippen molar-refractivity contribution in [1.82, 2.24) is 14.5 Å². The number of nitrogens with one attached hydrogen (secondary N) is 1. The first-order chi connectivity index (χ1) is 18.9. The predicted octanol–water partition coefficient (Wildman–Crippen LogP) is 3.91. The molecule has 2 amide bonds. The maximum atomic E-state index is 14.9. The van der Waals surface area contributed by atoms with Crippen LogP contribution in [-0.4, -0.2) is 62.2 Å². The fourth-order valence-electron chi connectivity index (χ4n) is 4.30. The lowest BCUT2D eigenvalue weighted by Gasteiger charge is -2.34. The number of nitrogens with zero attached hydrogens (tertiary/aromatic N) is 3. The normalized spacial score (nSPS) is 12.3. The Morgan fingerprint density at radius 3 is 2.12 bits per heavy atom. The molecule has 1 unspecified atom stereocenters. The van der Waals surface area contributed by atoms with Gasteiger partial charge in [0, 0.05) is 33.1 Å². The first-order valence-corrected chi connectivity index (χ1v) is 14.4. The van der Waals surface area contributed by atoms with E-state index in [4.69, 9.17) is 0 Å². The summed E-state index contributed by atoms with van der Waals surface area (Å²) in [6.45, 7) is 4.93. The van der Waals surface area contributed by atoms with Gasteiger partial charge in [-0.2, -0.15) is 12.7 Å². The Hall–Kier alpha value is -3.76. The average Bonchev–Trinajstić information content (AvgIpc) is 2.89. The highest BCUT2D eigenvalue weighted by atomic mass is 32.2. The van der Waals surface area contributed by atoms with Crippen molar-refractivity contribution in [2.75, 3.05) is 24.9 Å². The minimum absolute atomic E-state index is 0.0522. The number of amides is 2. The van der Waals surface area contributed by atoms with Gasteiger partial charge in [0.05, 0.1) is 5.69 Å². The molecule has 40 heavy (non-hydrogen) atoms. The van der Waals surface area contributed by atoms with Gasteiger partial charge in [0.1, 0.15) is 18.4 Å². The molecular weight excluding hydrogens is 531 g/mol. The van der Waals surface area contributed by atoms with Crippen LogP contribution >= 0.6 is 0 Å². The van der Waals surface area contributed by atoms with Gasteiger partial charge in [-0.1, -0.05) is 72.3 Å².